The maximum atomic E-state index is 12.7. The SMILES string of the molecule is N#Cc1ccc(S(=O)(=O)N(CCO)c2ccccc2)cc1. The molecule has 0 radical (unpaired) electrons. The number of aliphatic hydroxyl groups excluding tert-OH is 1. The van der Waals surface area contributed by atoms with Crippen molar-refractivity contribution in [1.29, 1.82) is 5.26 Å². The summed E-state index contributed by atoms with van der Waals surface area (Å²) in [5, 5.41) is 17.9. The van der Waals surface area contributed by atoms with Gasteiger partial charge in [-0.3, -0.25) is 4.31 Å². The summed E-state index contributed by atoms with van der Waals surface area (Å²) in [5.74, 6) is 0. The molecule has 0 bridgehead atoms. The number of sulfonamides is 1. The average Bonchev–Trinajstić information content (AvgIpc) is 2.53. The lowest BCUT2D eigenvalue weighted by Gasteiger charge is -2.23. The number of benzene rings is 2. The van der Waals surface area contributed by atoms with Gasteiger partial charge >= 0.3 is 0 Å². The van der Waals surface area contributed by atoms with Crippen molar-refractivity contribution in [3.63, 3.8) is 0 Å². The van der Waals surface area contributed by atoms with Crippen LogP contribution in [0.3, 0.4) is 0 Å². The molecule has 21 heavy (non-hydrogen) atoms. The number of hydrogen-bond acceptors (Lipinski definition) is 4. The lowest BCUT2D eigenvalue weighted by atomic mass is 10.2. The number of rotatable bonds is 5. The highest BCUT2D eigenvalue weighted by Crippen LogP contribution is 2.23. The topological polar surface area (TPSA) is 81.4 Å². The Morgan fingerprint density at radius 2 is 1.67 bits per heavy atom. The lowest BCUT2D eigenvalue weighted by Crippen LogP contribution is -2.33. The van der Waals surface area contributed by atoms with E-state index in [0.717, 1.165) is 4.31 Å². The summed E-state index contributed by atoms with van der Waals surface area (Å²) >= 11 is 0. The molecule has 0 atom stereocenters. The molecule has 0 aliphatic heterocycles. The van der Waals surface area contributed by atoms with Gasteiger partial charge in [0.15, 0.2) is 0 Å². The Balaban J connectivity index is 2.45. The smallest absolute Gasteiger partial charge is 0.264 e. The third kappa shape index (κ3) is 3.21. The summed E-state index contributed by atoms with van der Waals surface area (Å²) in [4.78, 5) is 0.0822. The second-order valence-corrected chi connectivity index (χ2v) is 6.13. The Hall–Kier alpha value is -2.36. The van der Waals surface area contributed by atoms with Crippen LogP contribution in [0.5, 0.6) is 0 Å². The molecule has 0 saturated heterocycles. The minimum atomic E-state index is -3.78. The molecule has 0 heterocycles. The van der Waals surface area contributed by atoms with Gasteiger partial charge < -0.3 is 5.11 Å². The van der Waals surface area contributed by atoms with E-state index >= 15 is 0 Å². The van der Waals surface area contributed by atoms with Crippen LogP contribution in [-0.4, -0.2) is 26.7 Å². The Kier molecular flexibility index (Phi) is 4.58. The first-order valence-electron chi connectivity index (χ1n) is 6.28. The molecule has 0 fully saturated rings. The van der Waals surface area contributed by atoms with Gasteiger partial charge in [-0.2, -0.15) is 5.26 Å². The molecule has 0 saturated carbocycles. The van der Waals surface area contributed by atoms with Crippen molar-refractivity contribution in [2.75, 3.05) is 17.5 Å². The van der Waals surface area contributed by atoms with Crippen LogP contribution >= 0.6 is 0 Å². The molecule has 5 nitrogen and oxygen atoms in total. The molecule has 6 heteroatoms. The van der Waals surface area contributed by atoms with Crippen LogP contribution in [-0.2, 0) is 10.0 Å². The first kappa shape index (κ1) is 15.0. The van der Waals surface area contributed by atoms with Crippen molar-refractivity contribution >= 4 is 15.7 Å². The van der Waals surface area contributed by atoms with Crippen LogP contribution in [0.2, 0.25) is 0 Å². The molecular weight excluding hydrogens is 288 g/mol. The van der Waals surface area contributed by atoms with E-state index in [9.17, 15) is 8.42 Å². The summed E-state index contributed by atoms with van der Waals surface area (Å²) in [6, 6.07) is 16.2. The molecular formula is C15H14N2O3S. The van der Waals surface area contributed by atoms with Crippen molar-refractivity contribution < 1.29 is 13.5 Å². The number of aliphatic hydroxyl groups is 1. The minimum Gasteiger partial charge on any atom is -0.394 e. The summed E-state index contributed by atoms with van der Waals surface area (Å²) in [6.07, 6.45) is 0. The van der Waals surface area contributed by atoms with Crippen LogP contribution < -0.4 is 4.31 Å². The molecule has 108 valence electrons. The van der Waals surface area contributed by atoms with E-state index in [4.69, 9.17) is 10.4 Å². The van der Waals surface area contributed by atoms with Crippen molar-refractivity contribution in [1.82, 2.24) is 0 Å². The van der Waals surface area contributed by atoms with Crippen molar-refractivity contribution in [3.8, 4) is 6.07 Å². The number of nitriles is 1. The normalized spacial score (nSPS) is 10.9. The van der Waals surface area contributed by atoms with Gasteiger partial charge in [-0.25, -0.2) is 8.42 Å². The highest BCUT2D eigenvalue weighted by Gasteiger charge is 2.24. The lowest BCUT2D eigenvalue weighted by molar-refractivity contribution is 0.306. The summed E-state index contributed by atoms with van der Waals surface area (Å²) in [5.41, 5.74) is 0.873. The minimum absolute atomic E-state index is 0.0354. The van der Waals surface area contributed by atoms with Gasteiger partial charge in [-0.15, -0.1) is 0 Å². The molecule has 0 spiro atoms. The Morgan fingerprint density at radius 3 is 2.19 bits per heavy atom. The predicted molar refractivity (Wildman–Crippen MR) is 79.2 cm³/mol. The highest BCUT2D eigenvalue weighted by atomic mass is 32.2. The molecule has 2 aromatic rings. The summed E-state index contributed by atoms with van der Waals surface area (Å²) in [7, 11) is -3.78. The number of anilines is 1. The first-order chi connectivity index (χ1) is 10.1. The van der Waals surface area contributed by atoms with Crippen molar-refractivity contribution in [2.24, 2.45) is 0 Å². The van der Waals surface area contributed by atoms with Gasteiger partial charge in [0, 0.05) is 0 Å². The van der Waals surface area contributed by atoms with Crippen LogP contribution in [0.1, 0.15) is 5.56 Å². The standard InChI is InChI=1S/C15H14N2O3S/c16-12-13-6-8-15(9-7-13)21(19,20)17(10-11-18)14-4-2-1-3-5-14/h1-9,18H,10-11H2. The van der Waals surface area contributed by atoms with Gasteiger partial charge in [0.25, 0.3) is 10.0 Å². The zero-order chi connectivity index (χ0) is 15.3. The predicted octanol–water partition coefficient (Wildman–Crippen LogP) is 1.75. The Labute approximate surface area is 123 Å². The number of nitrogens with zero attached hydrogens (tertiary/aromatic N) is 2. The van der Waals surface area contributed by atoms with Gasteiger partial charge in [0.2, 0.25) is 0 Å². The Bertz CT molecular complexity index is 735. The van der Waals surface area contributed by atoms with Gasteiger partial charge in [0.05, 0.1) is 35.4 Å². The van der Waals surface area contributed by atoms with Crippen molar-refractivity contribution in [2.45, 2.75) is 4.90 Å². The second-order valence-electron chi connectivity index (χ2n) is 4.27. The molecule has 2 aromatic carbocycles. The number of para-hydroxylation sites is 1. The Morgan fingerprint density at radius 1 is 1.05 bits per heavy atom. The molecule has 0 aromatic heterocycles. The third-order valence-electron chi connectivity index (χ3n) is 2.92. The van der Waals surface area contributed by atoms with Gasteiger partial charge in [-0.05, 0) is 36.4 Å². The average molecular weight is 302 g/mol. The molecule has 0 aliphatic rings. The van der Waals surface area contributed by atoms with Crippen LogP contribution in [0.15, 0.2) is 59.5 Å². The zero-order valence-corrected chi connectivity index (χ0v) is 12.0. The molecule has 1 N–H and O–H groups in total. The van der Waals surface area contributed by atoms with E-state index < -0.39 is 10.0 Å². The van der Waals surface area contributed by atoms with E-state index in [1.54, 1.807) is 30.3 Å². The monoisotopic (exact) mass is 302 g/mol. The highest BCUT2D eigenvalue weighted by molar-refractivity contribution is 7.92. The first-order valence-corrected chi connectivity index (χ1v) is 7.72. The quantitative estimate of drug-likeness (QED) is 0.912. The fraction of sp³-hybridized carbons (Fsp3) is 0.133. The van der Waals surface area contributed by atoms with Crippen molar-refractivity contribution in [3.05, 3.63) is 60.2 Å². The van der Waals surface area contributed by atoms with E-state index in [0.29, 0.717) is 11.3 Å². The number of hydrogen-bond donors (Lipinski definition) is 1. The molecule has 0 unspecified atom stereocenters. The largest absolute Gasteiger partial charge is 0.394 e. The summed E-state index contributed by atoms with van der Waals surface area (Å²) in [6.45, 7) is -0.323. The maximum Gasteiger partial charge on any atom is 0.264 e. The van der Waals surface area contributed by atoms with E-state index in [1.807, 2.05) is 6.07 Å². The fourth-order valence-corrected chi connectivity index (χ4v) is 3.36. The van der Waals surface area contributed by atoms with Gasteiger partial charge in [-0.1, -0.05) is 18.2 Å². The fourth-order valence-electron chi connectivity index (χ4n) is 1.90. The summed E-state index contributed by atoms with van der Waals surface area (Å²) < 4.78 is 26.5. The van der Waals surface area contributed by atoms with E-state index in [2.05, 4.69) is 0 Å². The van der Waals surface area contributed by atoms with E-state index in [1.165, 1.54) is 24.3 Å². The molecule has 2 rings (SSSR count). The zero-order valence-electron chi connectivity index (χ0n) is 11.2. The molecule has 0 aliphatic carbocycles. The van der Waals surface area contributed by atoms with E-state index in [-0.39, 0.29) is 18.0 Å². The van der Waals surface area contributed by atoms with Crippen LogP contribution in [0.25, 0.3) is 0 Å². The van der Waals surface area contributed by atoms with Gasteiger partial charge in [0.1, 0.15) is 0 Å². The molecule has 0 amide bonds. The van der Waals surface area contributed by atoms with Crippen LogP contribution in [0, 0.1) is 11.3 Å². The van der Waals surface area contributed by atoms with Crippen LogP contribution in [0.4, 0.5) is 5.69 Å². The second kappa shape index (κ2) is 6.39. The third-order valence-corrected chi connectivity index (χ3v) is 4.76. The maximum absolute atomic E-state index is 12.7.